The molecule has 0 amide bonds. The maximum Gasteiger partial charge on any atom is 0.311 e. The first-order valence-corrected chi connectivity index (χ1v) is 4.96. The van der Waals surface area contributed by atoms with Crippen LogP contribution in [-0.2, 0) is 0 Å². The standard InChI is InChI=1S/C11H15N2O3/c1-4-12(2)8-9-5-6-11(16-3)10(7-9)13(14)15/h5-8H,4H2,1-3H3/q+1. The predicted octanol–water partition coefficient (Wildman–Crippen LogP) is 1.68. The van der Waals surface area contributed by atoms with Crippen molar-refractivity contribution in [2.24, 2.45) is 0 Å². The first-order chi connectivity index (χ1) is 7.58. The Morgan fingerprint density at radius 2 is 2.19 bits per heavy atom. The van der Waals surface area contributed by atoms with Crippen molar-refractivity contribution in [2.45, 2.75) is 6.92 Å². The quantitative estimate of drug-likeness (QED) is 0.338. The zero-order chi connectivity index (χ0) is 12.1. The molecular formula is C11H15N2O3+. The normalized spacial score (nSPS) is 11.3. The molecule has 0 unspecified atom stereocenters. The number of nitrogens with zero attached hydrogens (tertiary/aromatic N) is 2. The van der Waals surface area contributed by atoms with Gasteiger partial charge in [-0.2, -0.15) is 0 Å². The lowest BCUT2D eigenvalue weighted by Gasteiger charge is -2.01. The summed E-state index contributed by atoms with van der Waals surface area (Å²) in [5.74, 6) is 0.279. The van der Waals surface area contributed by atoms with E-state index in [0.717, 1.165) is 12.1 Å². The van der Waals surface area contributed by atoms with Crippen molar-refractivity contribution in [3.63, 3.8) is 0 Å². The van der Waals surface area contributed by atoms with Crippen LogP contribution in [0.1, 0.15) is 12.5 Å². The molecule has 0 aliphatic carbocycles. The van der Waals surface area contributed by atoms with E-state index in [2.05, 4.69) is 0 Å². The zero-order valence-electron chi connectivity index (χ0n) is 9.64. The van der Waals surface area contributed by atoms with Gasteiger partial charge in [0.05, 0.1) is 12.0 Å². The summed E-state index contributed by atoms with van der Waals surface area (Å²) in [5.41, 5.74) is 0.776. The second-order valence-corrected chi connectivity index (χ2v) is 3.39. The van der Waals surface area contributed by atoms with Gasteiger partial charge < -0.3 is 4.74 Å². The van der Waals surface area contributed by atoms with E-state index in [9.17, 15) is 10.1 Å². The summed E-state index contributed by atoms with van der Waals surface area (Å²) in [5, 5.41) is 10.8. The van der Waals surface area contributed by atoms with Gasteiger partial charge in [0.25, 0.3) is 0 Å². The third kappa shape index (κ3) is 2.79. The summed E-state index contributed by atoms with van der Waals surface area (Å²) in [4.78, 5) is 10.3. The summed E-state index contributed by atoms with van der Waals surface area (Å²) >= 11 is 0. The van der Waals surface area contributed by atoms with Gasteiger partial charge in [-0.1, -0.05) is 0 Å². The monoisotopic (exact) mass is 223 g/mol. The molecule has 0 aliphatic rings. The smallest absolute Gasteiger partial charge is 0.311 e. The first-order valence-electron chi connectivity index (χ1n) is 4.96. The molecule has 0 atom stereocenters. The average Bonchev–Trinajstić information content (AvgIpc) is 2.28. The fourth-order valence-corrected chi connectivity index (χ4v) is 1.28. The topological polar surface area (TPSA) is 55.4 Å². The van der Waals surface area contributed by atoms with E-state index in [1.54, 1.807) is 12.1 Å². The summed E-state index contributed by atoms with van der Waals surface area (Å²) in [6, 6.07) is 4.90. The Morgan fingerprint density at radius 3 is 2.69 bits per heavy atom. The maximum absolute atomic E-state index is 10.8. The molecule has 0 aliphatic heterocycles. The van der Waals surface area contributed by atoms with Crippen molar-refractivity contribution in [1.29, 1.82) is 0 Å². The number of methoxy groups -OCH3 is 1. The van der Waals surface area contributed by atoms with E-state index in [4.69, 9.17) is 4.74 Å². The van der Waals surface area contributed by atoms with Crippen LogP contribution in [-0.4, -0.2) is 36.4 Å². The van der Waals surface area contributed by atoms with E-state index in [0.29, 0.717) is 0 Å². The summed E-state index contributed by atoms with van der Waals surface area (Å²) in [7, 11) is 3.33. The molecule has 0 bridgehead atoms. The van der Waals surface area contributed by atoms with Crippen molar-refractivity contribution >= 4 is 11.9 Å². The molecule has 16 heavy (non-hydrogen) atoms. The molecule has 0 spiro atoms. The molecule has 0 radical (unpaired) electrons. The molecule has 0 heterocycles. The Labute approximate surface area is 94.1 Å². The van der Waals surface area contributed by atoms with Crippen molar-refractivity contribution in [3.05, 3.63) is 33.9 Å². The van der Waals surface area contributed by atoms with Gasteiger partial charge >= 0.3 is 5.69 Å². The van der Waals surface area contributed by atoms with Crippen LogP contribution in [0.5, 0.6) is 5.75 Å². The van der Waals surface area contributed by atoms with Crippen molar-refractivity contribution in [2.75, 3.05) is 20.7 Å². The second kappa shape index (κ2) is 5.25. The van der Waals surface area contributed by atoms with Crippen LogP contribution in [0.25, 0.3) is 0 Å². The molecule has 5 heteroatoms. The van der Waals surface area contributed by atoms with Crippen LogP contribution in [0.3, 0.4) is 0 Å². The van der Waals surface area contributed by atoms with E-state index in [1.165, 1.54) is 13.2 Å². The summed E-state index contributed by atoms with van der Waals surface area (Å²) in [6.45, 7) is 2.86. The molecule has 0 saturated heterocycles. The lowest BCUT2D eigenvalue weighted by molar-refractivity contribution is -0.488. The number of nitro benzene ring substituents is 1. The molecular weight excluding hydrogens is 208 g/mol. The fourth-order valence-electron chi connectivity index (χ4n) is 1.28. The highest BCUT2D eigenvalue weighted by Gasteiger charge is 2.15. The number of ether oxygens (including phenoxy) is 1. The highest BCUT2D eigenvalue weighted by Crippen LogP contribution is 2.26. The van der Waals surface area contributed by atoms with E-state index < -0.39 is 4.92 Å². The third-order valence-electron chi connectivity index (χ3n) is 2.27. The number of benzene rings is 1. The van der Waals surface area contributed by atoms with Crippen LogP contribution >= 0.6 is 0 Å². The van der Waals surface area contributed by atoms with Crippen LogP contribution in [0.4, 0.5) is 5.69 Å². The Hall–Kier alpha value is -1.91. The van der Waals surface area contributed by atoms with Gasteiger partial charge in [0.1, 0.15) is 13.6 Å². The molecule has 1 rings (SSSR count). The van der Waals surface area contributed by atoms with Gasteiger partial charge in [0.2, 0.25) is 0 Å². The Kier molecular flexibility index (Phi) is 3.99. The van der Waals surface area contributed by atoms with Gasteiger partial charge in [0, 0.05) is 11.6 Å². The minimum atomic E-state index is -0.442. The molecule has 0 fully saturated rings. The van der Waals surface area contributed by atoms with E-state index in [1.807, 2.05) is 24.8 Å². The molecule has 0 aromatic heterocycles. The number of rotatable bonds is 4. The van der Waals surface area contributed by atoms with Crippen molar-refractivity contribution in [3.8, 4) is 5.75 Å². The maximum atomic E-state index is 10.8. The number of hydrogen-bond acceptors (Lipinski definition) is 3. The minimum Gasteiger partial charge on any atom is -0.490 e. The van der Waals surface area contributed by atoms with Crippen LogP contribution < -0.4 is 4.74 Å². The zero-order valence-corrected chi connectivity index (χ0v) is 9.64. The van der Waals surface area contributed by atoms with Crippen molar-refractivity contribution in [1.82, 2.24) is 0 Å². The number of hydrogen-bond donors (Lipinski definition) is 0. The SMILES string of the molecule is CC[N+](C)=Cc1ccc(OC)c([N+](=O)[O-])c1. The number of nitro groups is 1. The minimum absolute atomic E-state index is 0.0132. The van der Waals surface area contributed by atoms with Gasteiger partial charge in [-0.3, -0.25) is 10.1 Å². The Bertz CT molecular complexity index is 427. The lowest BCUT2D eigenvalue weighted by atomic mass is 10.2. The van der Waals surface area contributed by atoms with Gasteiger partial charge in [0.15, 0.2) is 12.0 Å². The Balaban J connectivity index is 3.17. The molecule has 1 aromatic carbocycles. The van der Waals surface area contributed by atoms with E-state index in [-0.39, 0.29) is 11.4 Å². The molecule has 86 valence electrons. The summed E-state index contributed by atoms with van der Waals surface area (Å²) < 4.78 is 6.87. The summed E-state index contributed by atoms with van der Waals surface area (Å²) in [6.07, 6.45) is 1.85. The van der Waals surface area contributed by atoms with Crippen LogP contribution in [0.15, 0.2) is 18.2 Å². The average molecular weight is 223 g/mol. The van der Waals surface area contributed by atoms with Crippen molar-refractivity contribution < 1.29 is 14.2 Å². The van der Waals surface area contributed by atoms with Gasteiger partial charge in [-0.15, -0.1) is 0 Å². The largest absolute Gasteiger partial charge is 0.490 e. The fraction of sp³-hybridized carbons (Fsp3) is 0.364. The third-order valence-corrected chi connectivity index (χ3v) is 2.27. The molecule has 0 saturated carbocycles. The molecule has 1 aromatic rings. The van der Waals surface area contributed by atoms with Crippen LogP contribution in [0, 0.1) is 10.1 Å². The predicted molar refractivity (Wildman–Crippen MR) is 61.5 cm³/mol. The first kappa shape index (κ1) is 12.2. The highest BCUT2D eigenvalue weighted by atomic mass is 16.6. The van der Waals surface area contributed by atoms with E-state index >= 15 is 0 Å². The highest BCUT2D eigenvalue weighted by molar-refractivity contribution is 5.78. The van der Waals surface area contributed by atoms with Gasteiger partial charge in [-0.05, 0) is 19.1 Å². The second-order valence-electron chi connectivity index (χ2n) is 3.39. The van der Waals surface area contributed by atoms with Gasteiger partial charge in [-0.25, -0.2) is 4.58 Å². The molecule has 5 nitrogen and oxygen atoms in total. The lowest BCUT2D eigenvalue weighted by Crippen LogP contribution is -2.06. The Morgan fingerprint density at radius 1 is 1.50 bits per heavy atom. The molecule has 0 N–H and O–H groups in total. The van der Waals surface area contributed by atoms with Crippen LogP contribution in [0.2, 0.25) is 0 Å².